The van der Waals surface area contributed by atoms with Crippen molar-refractivity contribution in [3.05, 3.63) is 63.0 Å². The summed E-state index contributed by atoms with van der Waals surface area (Å²) in [4.78, 5) is 26.5. The van der Waals surface area contributed by atoms with Crippen LogP contribution in [-0.4, -0.2) is 31.2 Å². The van der Waals surface area contributed by atoms with Crippen LogP contribution in [0.15, 0.2) is 50.9 Å². The summed E-state index contributed by atoms with van der Waals surface area (Å²) < 4.78 is 5.62. The molecule has 0 saturated heterocycles. The summed E-state index contributed by atoms with van der Waals surface area (Å²) in [7, 11) is 0. The van der Waals surface area contributed by atoms with Gasteiger partial charge in [0.15, 0.2) is 0 Å². The second-order valence-corrected chi connectivity index (χ2v) is 6.72. The number of aliphatic carboxylic acids is 1. The third-order valence-corrected chi connectivity index (χ3v) is 4.55. The average molecular weight is 400 g/mol. The lowest BCUT2D eigenvalue weighted by atomic mass is 10.1. The zero-order valence-corrected chi connectivity index (χ0v) is 15.6. The number of H-pyrrole nitrogens is 1. The van der Waals surface area contributed by atoms with E-state index in [-0.39, 0.29) is 22.1 Å². The Hall–Kier alpha value is -3.40. The topological polar surface area (TPSA) is 135 Å². The van der Waals surface area contributed by atoms with E-state index < -0.39 is 10.9 Å². The molecule has 2 heterocycles. The number of furan rings is 1. The van der Waals surface area contributed by atoms with E-state index in [1.54, 1.807) is 30.3 Å². The molecule has 10 heteroatoms. The molecule has 0 aliphatic heterocycles. The Kier molecular flexibility index (Phi) is 5.90. The van der Waals surface area contributed by atoms with Crippen molar-refractivity contribution in [3.8, 4) is 11.3 Å². The maximum Gasteiger partial charge on any atom is 0.342 e. The number of carboxylic acid groups (broad SMARTS) is 1. The van der Waals surface area contributed by atoms with Crippen LogP contribution in [0.2, 0.25) is 0 Å². The van der Waals surface area contributed by atoms with Crippen LogP contribution in [0, 0.1) is 10.1 Å². The maximum absolute atomic E-state index is 11.6. The van der Waals surface area contributed by atoms with Gasteiger partial charge in [0.1, 0.15) is 22.3 Å². The number of nitrogens with one attached hydrogen (secondary N) is 1. The van der Waals surface area contributed by atoms with Crippen molar-refractivity contribution in [2.75, 3.05) is 0 Å². The van der Waals surface area contributed by atoms with E-state index in [0.717, 1.165) is 24.6 Å². The Morgan fingerprint density at radius 3 is 2.86 bits per heavy atom. The van der Waals surface area contributed by atoms with Crippen molar-refractivity contribution in [2.24, 2.45) is 0 Å². The Morgan fingerprint density at radius 2 is 2.14 bits per heavy atom. The number of carboxylic acids is 1. The monoisotopic (exact) mass is 400 g/mol. The van der Waals surface area contributed by atoms with Crippen molar-refractivity contribution in [3.63, 3.8) is 0 Å². The summed E-state index contributed by atoms with van der Waals surface area (Å²) in [6.07, 6.45) is 2.94. The summed E-state index contributed by atoms with van der Waals surface area (Å²) >= 11 is 0.891. The van der Waals surface area contributed by atoms with Gasteiger partial charge in [-0.3, -0.25) is 15.2 Å². The number of thioether (sulfide) groups is 1. The van der Waals surface area contributed by atoms with Crippen LogP contribution in [0.3, 0.4) is 0 Å². The second kappa shape index (κ2) is 8.53. The van der Waals surface area contributed by atoms with Gasteiger partial charge in [0.05, 0.1) is 10.5 Å². The Labute approximate surface area is 163 Å². The van der Waals surface area contributed by atoms with Crippen LogP contribution in [0.25, 0.3) is 17.4 Å². The van der Waals surface area contributed by atoms with Crippen LogP contribution in [0.5, 0.6) is 0 Å². The summed E-state index contributed by atoms with van der Waals surface area (Å²) in [6.45, 7) is 2.00. The van der Waals surface area contributed by atoms with E-state index in [9.17, 15) is 20.0 Å². The van der Waals surface area contributed by atoms with Gasteiger partial charge in [-0.15, -0.1) is 5.10 Å². The van der Waals surface area contributed by atoms with Crippen LogP contribution in [0.1, 0.15) is 24.9 Å². The van der Waals surface area contributed by atoms with E-state index in [0.29, 0.717) is 16.5 Å². The SMILES string of the molecule is CCCc1nc(S/C(=C\c2ccc(-c3ccccc3[N+](=O)[O-])o2)C(=O)O)n[nH]1. The molecule has 2 aromatic heterocycles. The number of carbonyl (C=O) groups is 1. The van der Waals surface area contributed by atoms with Crippen molar-refractivity contribution in [1.82, 2.24) is 15.2 Å². The van der Waals surface area contributed by atoms with Crippen LogP contribution >= 0.6 is 11.8 Å². The standard InChI is InChI=1S/C18H16N4O5S/c1-2-5-16-19-18(21-20-16)28-15(17(23)24)10-11-8-9-14(27-11)12-6-3-4-7-13(12)22(25)26/h3-4,6-10H,2,5H2,1H3,(H,23,24)(H,19,20,21)/b15-10-. The molecule has 9 nitrogen and oxygen atoms in total. The number of para-hydroxylation sites is 1. The number of aromatic nitrogens is 3. The molecule has 28 heavy (non-hydrogen) atoms. The molecule has 3 rings (SSSR count). The smallest absolute Gasteiger partial charge is 0.342 e. The highest BCUT2D eigenvalue weighted by Crippen LogP contribution is 2.32. The highest BCUT2D eigenvalue weighted by atomic mass is 32.2. The fraction of sp³-hybridized carbons (Fsp3) is 0.167. The van der Waals surface area contributed by atoms with Crippen LogP contribution in [-0.2, 0) is 11.2 Å². The van der Waals surface area contributed by atoms with Gasteiger partial charge in [-0.25, -0.2) is 9.78 Å². The van der Waals surface area contributed by atoms with E-state index in [1.807, 2.05) is 6.92 Å². The van der Waals surface area contributed by atoms with E-state index in [2.05, 4.69) is 15.2 Å². The Balaban J connectivity index is 1.87. The first kappa shape index (κ1) is 19.4. The molecular formula is C18H16N4O5S. The minimum Gasteiger partial charge on any atom is -0.477 e. The first-order valence-electron chi connectivity index (χ1n) is 8.35. The molecule has 2 N–H and O–H groups in total. The van der Waals surface area contributed by atoms with Crippen LogP contribution < -0.4 is 0 Å². The zero-order valence-electron chi connectivity index (χ0n) is 14.8. The molecule has 144 valence electrons. The number of hydrogen-bond acceptors (Lipinski definition) is 7. The second-order valence-electron chi connectivity index (χ2n) is 5.71. The molecule has 3 aromatic rings. The fourth-order valence-corrected chi connectivity index (χ4v) is 3.16. The minimum absolute atomic E-state index is 0.0366. The minimum atomic E-state index is -1.16. The lowest BCUT2D eigenvalue weighted by Crippen LogP contribution is -1.97. The molecule has 0 fully saturated rings. The third kappa shape index (κ3) is 4.46. The van der Waals surface area contributed by atoms with Gasteiger partial charge in [0, 0.05) is 18.6 Å². The molecule has 0 saturated carbocycles. The van der Waals surface area contributed by atoms with Gasteiger partial charge < -0.3 is 9.52 Å². The summed E-state index contributed by atoms with van der Waals surface area (Å²) in [6, 6.07) is 9.29. The molecule has 0 atom stereocenters. The Morgan fingerprint density at radius 1 is 1.36 bits per heavy atom. The van der Waals surface area contributed by atoms with E-state index in [1.165, 1.54) is 12.1 Å². The predicted molar refractivity (Wildman–Crippen MR) is 103 cm³/mol. The summed E-state index contributed by atoms with van der Waals surface area (Å²) in [5, 5.41) is 27.7. The first-order chi connectivity index (χ1) is 13.5. The molecule has 0 amide bonds. The number of nitrogens with zero attached hydrogens (tertiary/aromatic N) is 3. The molecule has 0 radical (unpaired) electrons. The number of hydrogen-bond donors (Lipinski definition) is 2. The van der Waals surface area contributed by atoms with Crippen molar-refractivity contribution in [1.29, 1.82) is 0 Å². The number of nitro benzene ring substituents is 1. The first-order valence-corrected chi connectivity index (χ1v) is 9.17. The highest BCUT2D eigenvalue weighted by Gasteiger charge is 2.18. The third-order valence-electron chi connectivity index (χ3n) is 3.68. The molecule has 0 spiro atoms. The number of nitro groups is 1. The normalized spacial score (nSPS) is 11.5. The number of rotatable bonds is 8. The number of aromatic amines is 1. The van der Waals surface area contributed by atoms with Crippen molar-refractivity contribution >= 4 is 29.5 Å². The zero-order chi connectivity index (χ0) is 20.1. The molecule has 0 unspecified atom stereocenters. The van der Waals surface area contributed by atoms with Gasteiger partial charge in [0.2, 0.25) is 5.16 Å². The van der Waals surface area contributed by atoms with Gasteiger partial charge in [-0.2, -0.15) is 0 Å². The molecule has 1 aromatic carbocycles. The number of aryl methyl sites for hydroxylation is 1. The largest absolute Gasteiger partial charge is 0.477 e. The highest BCUT2D eigenvalue weighted by molar-refractivity contribution is 8.04. The predicted octanol–water partition coefficient (Wildman–Crippen LogP) is 4.14. The fourth-order valence-electron chi connectivity index (χ4n) is 2.45. The maximum atomic E-state index is 11.6. The van der Waals surface area contributed by atoms with Crippen LogP contribution in [0.4, 0.5) is 5.69 Å². The molecule has 0 bridgehead atoms. The Bertz CT molecular complexity index is 1040. The molecular weight excluding hydrogens is 384 g/mol. The lowest BCUT2D eigenvalue weighted by Gasteiger charge is -1.99. The quantitative estimate of drug-likeness (QED) is 0.249. The van der Waals surface area contributed by atoms with Gasteiger partial charge >= 0.3 is 5.97 Å². The van der Waals surface area contributed by atoms with Crippen molar-refractivity contribution < 1.29 is 19.2 Å². The van der Waals surface area contributed by atoms with E-state index in [4.69, 9.17) is 4.42 Å². The lowest BCUT2D eigenvalue weighted by molar-refractivity contribution is -0.384. The summed E-state index contributed by atoms with van der Waals surface area (Å²) in [5.41, 5.74) is 0.222. The molecule has 0 aliphatic carbocycles. The summed E-state index contributed by atoms with van der Waals surface area (Å²) in [5.74, 6) is 0.0562. The average Bonchev–Trinajstić information content (AvgIpc) is 3.31. The van der Waals surface area contributed by atoms with E-state index >= 15 is 0 Å². The van der Waals surface area contributed by atoms with Gasteiger partial charge in [-0.1, -0.05) is 19.1 Å². The van der Waals surface area contributed by atoms with Gasteiger partial charge in [0.25, 0.3) is 5.69 Å². The number of benzene rings is 1. The van der Waals surface area contributed by atoms with Crippen molar-refractivity contribution in [2.45, 2.75) is 24.9 Å². The molecule has 0 aliphatic rings. The van der Waals surface area contributed by atoms with Gasteiger partial charge in [-0.05, 0) is 36.4 Å².